The van der Waals surface area contributed by atoms with Gasteiger partial charge in [-0.2, -0.15) is 0 Å². The maximum atomic E-state index is 13.0. The number of hydrogen-bond donors (Lipinski definition) is 0. The third-order valence-electron chi connectivity index (χ3n) is 4.48. The van der Waals surface area contributed by atoms with E-state index in [0.29, 0.717) is 22.3 Å². The maximum absolute atomic E-state index is 13.0. The van der Waals surface area contributed by atoms with Gasteiger partial charge in [-0.05, 0) is 22.3 Å². The summed E-state index contributed by atoms with van der Waals surface area (Å²) in [4.78, 5) is 0. The van der Waals surface area contributed by atoms with Crippen molar-refractivity contribution in [2.45, 2.75) is 19.3 Å². The van der Waals surface area contributed by atoms with Gasteiger partial charge in [0.2, 0.25) is 0 Å². The third kappa shape index (κ3) is 4.54. The molecule has 0 spiro atoms. The van der Waals surface area contributed by atoms with Crippen LogP contribution in [0.2, 0.25) is 0 Å². The molecule has 0 radical (unpaired) electrons. The predicted octanol–water partition coefficient (Wildman–Crippen LogP) is -1.89. The van der Waals surface area contributed by atoms with Gasteiger partial charge in [-0.15, -0.1) is 10.9 Å². The third-order valence-corrected chi connectivity index (χ3v) is 4.48. The zero-order valence-electron chi connectivity index (χ0n) is 14.4. The minimum atomic E-state index is -5.15. The van der Waals surface area contributed by atoms with Crippen LogP contribution in [0.15, 0.2) is 36.4 Å². The largest absolute Gasteiger partial charge is 1.00 e. The van der Waals surface area contributed by atoms with Crippen molar-refractivity contribution in [2.24, 2.45) is 0 Å². The molecule has 0 bridgehead atoms. The second-order valence-electron chi connectivity index (χ2n) is 6.38. The van der Waals surface area contributed by atoms with Crippen molar-refractivity contribution in [3.8, 4) is 11.1 Å². The van der Waals surface area contributed by atoms with Crippen molar-refractivity contribution in [3.05, 3.63) is 47.5 Å². The van der Waals surface area contributed by atoms with Gasteiger partial charge in [-0.25, -0.2) is 0 Å². The van der Waals surface area contributed by atoms with Crippen molar-refractivity contribution in [3.63, 3.8) is 0 Å². The van der Waals surface area contributed by atoms with E-state index in [9.17, 15) is 25.9 Å². The van der Waals surface area contributed by atoms with Crippen LogP contribution in [-0.4, -0.2) is 14.0 Å². The summed E-state index contributed by atoms with van der Waals surface area (Å²) in [6.45, 7) is -7.00. The molecule has 0 saturated carbocycles. The fourth-order valence-electron chi connectivity index (χ4n) is 3.18. The maximum Gasteiger partial charge on any atom is 1.00 e. The van der Waals surface area contributed by atoms with Crippen LogP contribution in [-0.2, 0) is 5.41 Å². The minimum Gasteiger partial charge on any atom is -0.445 e. The fourth-order valence-corrected chi connectivity index (χ4v) is 3.18. The van der Waals surface area contributed by atoms with Crippen LogP contribution >= 0.6 is 0 Å². The number of fused-ring (bicyclic) bond motifs is 3. The summed E-state index contributed by atoms with van der Waals surface area (Å²) in [6, 6.07) is 6.82. The Balaban J connectivity index is 0.00000156. The Labute approximate surface area is 227 Å². The van der Waals surface area contributed by atoms with Gasteiger partial charge in [-0.3, -0.25) is 0 Å². The molecule has 0 heterocycles. The summed E-state index contributed by atoms with van der Waals surface area (Å²) in [5.41, 5.74) is -0.411. The summed E-state index contributed by atoms with van der Waals surface area (Å²) >= 11 is 0. The molecule has 1 aliphatic carbocycles. The van der Waals surface area contributed by atoms with Gasteiger partial charge in [-0.1, -0.05) is 50.2 Å². The van der Waals surface area contributed by atoms with E-state index in [1.165, 1.54) is 12.1 Å². The van der Waals surface area contributed by atoms with E-state index >= 15 is 0 Å². The van der Waals surface area contributed by atoms with E-state index in [1.54, 1.807) is 13.8 Å². The summed E-state index contributed by atoms with van der Waals surface area (Å²) in [5, 5.41) is 0. The van der Waals surface area contributed by atoms with Gasteiger partial charge in [0.05, 0.1) is 0 Å². The predicted molar refractivity (Wildman–Crippen MR) is 81.4 cm³/mol. The SMILES string of the molecule is CC1(C)c2cc([B-](F)(F)F)ccc2-c2ccc([B-](F)(F)F)cc21.[K+].[K+]. The van der Waals surface area contributed by atoms with Crippen LogP contribution in [0.1, 0.15) is 25.0 Å². The van der Waals surface area contributed by atoms with Crippen molar-refractivity contribution in [1.29, 1.82) is 0 Å². The summed E-state index contributed by atoms with van der Waals surface area (Å²) < 4.78 is 77.8. The summed E-state index contributed by atoms with van der Waals surface area (Å²) in [5.74, 6) is 0. The first-order chi connectivity index (χ1) is 10.4. The second kappa shape index (κ2) is 8.04. The zero-order chi connectivity index (χ0) is 17.2. The van der Waals surface area contributed by atoms with Gasteiger partial charge in [0.1, 0.15) is 0 Å². The quantitative estimate of drug-likeness (QED) is 0.405. The van der Waals surface area contributed by atoms with Crippen molar-refractivity contribution in [2.75, 3.05) is 0 Å². The second-order valence-corrected chi connectivity index (χ2v) is 6.38. The van der Waals surface area contributed by atoms with E-state index < -0.39 is 30.3 Å². The van der Waals surface area contributed by atoms with E-state index in [0.717, 1.165) is 24.3 Å². The van der Waals surface area contributed by atoms with E-state index in [-0.39, 0.29) is 103 Å². The number of rotatable bonds is 2. The van der Waals surface area contributed by atoms with Crippen LogP contribution < -0.4 is 114 Å². The van der Waals surface area contributed by atoms with Gasteiger partial charge in [0, 0.05) is 5.41 Å². The van der Waals surface area contributed by atoms with E-state index in [2.05, 4.69) is 0 Å². The average Bonchev–Trinajstić information content (AvgIpc) is 2.65. The van der Waals surface area contributed by atoms with Gasteiger partial charge in [0.25, 0.3) is 0 Å². The minimum absolute atomic E-state index is 0. The first-order valence-electron chi connectivity index (χ1n) is 7.11. The number of benzene rings is 2. The molecule has 0 aliphatic heterocycles. The normalized spacial score (nSPS) is 14.9. The van der Waals surface area contributed by atoms with E-state index in [4.69, 9.17) is 0 Å². The summed E-state index contributed by atoms with van der Waals surface area (Å²) in [7, 11) is 0. The van der Waals surface area contributed by atoms with Gasteiger partial charge >= 0.3 is 117 Å². The van der Waals surface area contributed by atoms with Crippen LogP contribution in [0.25, 0.3) is 11.1 Å². The molecule has 0 amide bonds. The molecule has 1 aliphatic rings. The fraction of sp³-hybridized carbons (Fsp3) is 0.200. The molecular formula is C15H12B2F6K2. The Morgan fingerprint density at radius 2 is 0.960 bits per heavy atom. The standard InChI is InChI=1S/C15H12B2F6.2K/c1-15(2)13-7-9(16(18,19)20)3-5-11(13)12-6-4-10(8-14(12)15)17(21,22)23;;/h3-8H,1-2H3;;/q-2;2*+1. The van der Waals surface area contributed by atoms with Crippen LogP contribution in [0, 0.1) is 0 Å². The molecule has 0 atom stereocenters. The molecule has 0 fully saturated rings. The molecule has 0 nitrogen and oxygen atoms in total. The Morgan fingerprint density at radius 1 is 0.640 bits per heavy atom. The molecule has 25 heavy (non-hydrogen) atoms. The number of hydrogen-bond acceptors (Lipinski definition) is 0. The molecule has 2 aromatic carbocycles. The summed E-state index contributed by atoms with van der Waals surface area (Å²) in [6.07, 6.45) is 0. The average molecular weight is 406 g/mol. The molecular weight excluding hydrogens is 394 g/mol. The zero-order valence-corrected chi connectivity index (χ0v) is 20.6. The molecule has 0 aromatic heterocycles. The van der Waals surface area contributed by atoms with Crippen LogP contribution in [0.5, 0.6) is 0 Å². The monoisotopic (exact) mass is 406 g/mol. The smallest absolute Gasteiger partial charge is 0.445 e. The van der Waals surface area contributed by atoms with Gasteiger partial charge in [0.15, 0.2) is 0 Å². The Morgan fingerprint density at radius 3 is 1.24 bits per heavy atom. The molecule has 3 rings (SSSR count). The molecule has 2 aromatic rings. The van der Waals surface area contributed by atoms with Crippen molar-refractivity contribution in [1.82, 2.24) is 0 Å². The first kappa shape index (κ1) is 24.5. The van der Waals surface area contributed by atoms with Crippen molar-refractivity contribution >= 4 is 24.9 Å². The van der Waals surface area contributed by atoms with E-state index in [1.807, 2.05) is 0 Å². The molecule has 122 valence electrons. The van der Waals surface area contributed by atoms with Crippen LogP contribution in [0.4, 0.5) is 25.9 Å². The molecule has 0 unspecified atom stereocenters. The topological polar surface area (TPSA) is 0 Å². The molecule has 10 heteroatoms. The number of halogens is 6. The Hall–Kier alpha value is 1.42. The molecule has 0 saturated heterocycles. The first-order valence-corrected chi connectivity index (χ1v) is 7.11. The van der Waals surface area contributed by atoms with Gasteiger partial charge < -0.3 is 25.9 Å². The Bertz CT molecular complexity index is 734. The Kier molecular flexibility index (Phi) is 7.87. The van der Waals surface area contributed by atoms with Crippen LogP contribution in [0.3, 0.4) is 0 Å². The molecule has 0 N–H and O–H groups in total. The van der Waals surface area contributed by atoms with Crippen molar-refractivity contribution < 1.29 is 129 Å².